The van der Waals surface area contributed by atoms with Crippen LogP contribution < -0.4 is 0 Å². The van der Waals surface area contributed by atoms with Crippen LogP contribution in [0.2, 0.25) is 0 Å². The van der Waals surface area contributed by atoms with E-state index in [1.807, 2.05) is 13.8 Å². The minimum atomic E-state index is -2.96. The summed E-state index contributed by atoms with van der Waals surface area (Å²) in [4.78, 5) is 13.4. The highest BCUT2D eigenvalue weighted by atomic mass is 35.5. The molecule has 4 nitrogen and oxygen atoms in total. The molecule has 0 unspecified atom stereocenters. The molecular formula is C10H18ClNO3S. The third-order valence-electron chi connectivity index (χ3n) is 3.07. The third-order valence-corrected chi connectivity index (χ3v) is 5.05. The predicted molar refractivity (Wildman–Crippen MR) is 64.4 cm³/mol. The van der Waals surface area contributed by atoms with Gasteiger partial charge in [0.25, 0.3) is 0 Å². The van der Waals surface area contributed by atoms with E-state index in [2.05, 4.69) is 0 Å². The summed E-state index contributed by atoms with van der Waals surface area (Å²) in [7, 11) is -2.96. The molecule has 0 aromatic carbocycles. The molecule has 1 rings (SSSR count). The fourth-order valence-electron chi connectivity index (χ4n) is 2.07. The van der Waals surface area contributed by atoms with Crippen LogP contribution in [0.15, 0.2) is 0 Å². The van der Waals surface area contributed by atoms with Crippen LogP contribution in [0.1, 0.15) is 26.7 Å². The average Bonchev–Trinajstić information content (AvgIpc) is 2.58. The van der Waals surface area contributed by atoms with Crippen molar-refractivity contribution in [1.82, 2.24) is 4.90 Å². The number of carbonyl (C=O) groups excluding carboxylic acids is 1. The Morgan fingerprint density at radius 2 is 2.19 bits per heavy atom. The zero-order chi connectivity index (χ0) is 12.3. The minimum absolute atomic E-state index is 0.0459. The second-order valence-electron chi connectivity index (χ2n) is 4.25. The van der Waals surface area contributed by atoms with Gasteiger partial charge in [-0.25, -0.2) is 8.42 Å². The molecule has 1 heterocycles. The van der Waals surface area contributed by atoms with Gasteiger partial charge in [-0.1, -0.05) is 6.92 Å². The van der Waals surface area contributed by atoms with Crippen LogP contribution in [0.5, 0.6) is 0 Å². The molecule has 0 saturated carbocycles. The molecule has 1 amide bonds. The van der Waals surface area contributed by atoms with E-state index < -0.39 is 9.84 Å². The van der Waals surface area contributed by atoms with E-state index in [1.165, 1.54) is 0 Å². The Kier molecular flexibility index (Phi) is 4.62. The van der Waals surface area contributed by atoms with E-state index in [-0.39, 0.29) is 35.4 Å². The number of sulfone groups is 1. The Labute approximate surface area is 102 Å². The molecule has 0 radical (unpaired) electrons. The van der Waals surface area contributed by atoms with Crippen LogP contribution in [0.3, 0.4) is 0 Å². The Bertz CT molecular complexity index is 355. The molecule has 1 fully saturated rings. The highest BCUT2D eigenvalue weighted by Gasteiger charge is 2.36. The summed E-state index contributed by atoms with van der Waals surface area (Å²) in [6.45, 7) is 3.90. The lowest BCUT2D eigenvalue weighted by Crippen LogP contribution is -2.47. The second kappa shape index (κ2) is 5.36. The number of hydrogen-bond donors (Lipinski definition) is 0. The first kappa shape index (κ1) is 13.8. The van der Waals surface area contributed by atoms with Crippen molar-refractivity contribution in [2.75, 3.05) is 17.4 Å². The molecule has 6 heteroatoms. The molecule has 16 heavy (non-hydrogen) atoms. The standard InChI is InChI=1S/C10H18ClNO3S/c1-3-8(2)12(10(13)6-11)9-4-5-16(14,15)7-9/h8-9H,3-7H2,1-2H3/t8-,9-/m1/s1. The number of alkyl halides is 1. The molecular weight excluding hydrogens is 250 g/mol. The Hall–Kier alpha value is -0.290. The van der Waals surface area contributed by atoms with Gasteiger partial charge in [0.2, 0.25) is 5.91 Å². The molecule has 94 valence electrons. The first-order valence-electron chi connectivity index (χ1n) is 5.48. The minimum Gasteiger partial charge on any atom is -0.335 e. The molecule has 1 aliphatic heterocycles. The zero-order valence-corrected chi connectivity index (χ0v) is 11.2. The van der Waals surface area contributed by atoms with Gasteiger partial charge in [-0.3, -0.25) is 4.79 Å². The largest absolute Gasteiger partial charge is 0.335 e. The van der Waals surface area contributed by atoms with Gasteiger partial charge in [0.1, 0.15) is 5.88 Å². The summed E-state index contributed by atoms with van der Waals surface area (Å²) in [6, 6.07) is -0.143. The Morgan fingerprint density at radius 1 is 1.56 bits per heavy atom. The van der Waals surface area contributed by atoms with Crippen molar-refractivity contribution in [3.8, 4) is 0 Å². The zero-order valence-electron chi connectivity index (χ0n) is 9.65. The summed E-state index contributed by atoms with van der Waals surface area (Å²) in [5.41, 5.74) is 0. The molecule has 0 aliphatic carbocycles. The lowest BCUT2D eigenvalue weighted by atomic mass is 10.1. The quantitative estimate of drug-likeness (QED) is 0.715. The summed E-state index contributed by atoms with van der Waals surface area (Å²) < 4.78 is 22.8. The third kappa shape index (κ3) is 3.10. The van der Waals surface area contributed by atoms with Crippen molar-refractivity contribution >= 4 is 27.3 Å². The van der Waals surface area contributed by atoms with E-state index in [0.717, 1.165) is 6.42 Å². The highest BCUT2D eigenvalue weighted by molar-refractivity contribution is 7.91. The van der Waals surface area contributed by atoms with E-state index in [4.69, 9.17) is 11.6 Å². The van der Waals surface area contributed by atoms with Crippen LogP contribution in [0, 0.1) is 0 Å². The smallest absolute Gasteiger partial charge is 0.238 e. The van der Waals surface area contributed by atoms with Crippen LogP contribution in [-0.4, -0.2) is 48.7 Å². The molecule has 0 spiro atoms. The fourth-order valence-corrected chi connectivity index (χ4v) is 3.92. The first-order valence-corrected chi connectivity index (χ1v) is 7.84. The summed E-state index contributed by atoms with van der Waals surface area (Å²) in [5.74, 6) is 0.0132. The number of nitrogens with zero attached hydrogens (tertiary/aromatic N) is 1. The summed E-state index contributed by atoms with van der Waals surface area (Å²) >= 11 is 5.56. The Morgan fingerprint density at radius 3 is 2.56 bits per heavy atom. The second-order valence-corrected chi connectivity index (χ2v) is 6.74. The lowest BCUT2D eigenvalue weighted by molar-refractivity contribution is -0.132. The maximum Gasteiger partial charge on any atom is 0.238 e. The molecule has 2 atom stereocenters. The summed E-state index contributed by atoms with van der Waals surface area (Å²) in [5, 5.41) is 0. The van der Waals surface area contributed by atoms with Gasteiger partial charge in [0.05, 0.1) is 11.5 Å². The van der Waals surface area contributed by atoms with Crippen LogP contribution in [0.25, 0.3) is 0 Å². The van der Waals surface area contributed by atoms with Gasteiger partial charge in [-0.05, 0) is 19.8 Å². The van der Waals surface area contributed by atoms with E-state index in [1.54, 1.807) is 4.90 Å². The van der Waals surface area contributed by atoms with Crippen molar-refractivity contribution in [2.45, 2.75) is 38.8 Å². The van der Waals surface area contributed by atoms with Crippen molar-refractivity contribution in [3.63, 3.8) is 0 Å². The van der Waals surface area contributed by atoms with Crippen molar-refractivity contribution < 1.29 is 13.2 Å². The number of rotatable bonds is 4. The van der Waals surface area contributed by atoms with Crippen LogP contribution in [0.4, 0.5) is 0 Å². The van der Waals surface area contributed by atoms with Crippen LogP contribution in [-0.2, 0) is 14.6 Å². The van der Waals surface area contributed by atoms with Gasteiger partial charge in [0.15, 0.2) is 9.84 Å². The predicted octanol–water partition coefficient (Wildman–Crippen LogP) is 1.04. The van der Waals surface area contributed by atoms with Crippen molar-refractivity contribution in [1.29, 1.82) is 0 Å². The SMILES string of the molecule is CC[C@@H](C)N(C(=O)CCl)[C@@H]1CCS(=O)(=O)C1. The maximum atomic E-state index is 11.7. The molecule has 1 saturated heterocycles. The van der Waals surface area contributed by atoms with Gasteiger partial charge < -0.3 is 4.90 Å². The molecule has 0 aromatic rings. The van der Waals surface area contributed by atoms with Crippen molar-refractivity contribution in [2.24, 2.45) is 0 Å². The molecule has 0 aromatic heterocycles. The molecule has 1 aliphatic rings. The number of halogens is 1. The number of amides is 1. The first-order chi connectivity index (χ1) is 7.41. The van der Waals surface area contributed by atoms with E-state index in [0.29, 0.717) is 6.42 Å². The topological polar surface area (TPSA) is 54.5 Å². The van der Waals surface area contributed by atoms with E-state index in [9.17, 15) is 13.2 Å². The van der Waals surface area contributed by atoms with Crippen LogP contribution >= 0.6 is 11.6 Å². The maximum absolute atomic E-state index is 11.7. The Balaban J connectivity index is 2.82. The van der Waals surface area contributed by atoms with Gasteiger partial charge in [0, 0.05) is 12.1 Å². The normalized spacial score (nSPS) is 25.3. The van der Waals surface area contributed by atoms with Crippen molar-refractivity contribution in [3.05, 3.63) is 0 Å². The van der Waals surface area contributed by atoms with Gasteiger partial charge >= 0.3 is 0 Å². The monoisotopic (exact) mass is 267 g/mol. The summed E-state index contributed by atoms with van der Waals surface area (Å²) in [6.07, 6.45) is 1.34. The molecule has 0 bridgehead atoms. The average molecular weight is 268 g/mol. The molecule has 0 N–H and O–H groups in total. The number of carbonyl (C=O) groups is 1. The van der Waals surface area contributed by atoms with Gasteiger partial charge in [-0.15, -0.1) is 11.6 Å². The lowest BCUT2D eigenvalue weighted by Gasteiger charge is -2.33. The van der Waals surface area contributed by atoms with E-state index >= 15 is 0 Å². The van der Waals surface area contributed by atoms with Gasteiger partial charge in [-0.2, -0.15) is 0 Å². The highest BCUT2D eigenvalue weighted by Crippen LogP contribution is 2.21. The fraction of sp³-hybridized carbons (Fsp3) is 0.900. The number of hydrogen-bond acceptors (Lipinski definition) is 3.